The fourth-order valence-corrected chi connectivity index (χ4v) is 2.66. The number of likely N-dealkylation sites (tertiary alicyclic amines) is 1. The molecular formula is C18H25FN2O2. The van der Waals surface area contributed by atoms with E-state index in [2.05, 4.69) is 10.2 Å². The summed E-state index contributed by atoms with van der Waals surface area (Å²) >= 11 is 0. The van der Waals surface area contributed by atoms with E-state index >= 15 is 0 Å². The monoisotopic (exact) mass is 320 g/mol. The lowest BCUT2D eigenvalue weighted by Gasteiger charge is -2.29. The van der Waals surface area contributed by atoms with Crippen LogP contribution in [0.1, 0.15) is 31.7 Å². The van der Waals surface area contributed by atoms with Crippen molar-refractivity contribution in [2.45, 2.75) is 32.3 Å². The lowest BCUT2D eigenvalue weighted by Crippen LogP contribution is -2.37. The molecule has 1 saturated heterocycles. The summed E-state index contributed by atoms with van der Waals surface area (Å²) in [6.07, 6.45) is 4.18. The summed E-state index contributed by atoms with van der Waals surface area (Å²) in [7, 11) is 0. The van der Waals surface area contributed by atoms with Gasteiger partial charge in [0.25, 0.3) is 0 Å². The first-order valence-electron chi connectivity index (χ1n) is 8.17. The first kappa shape index (κ1) is 17.6. The van der Waals surface area contributed by atoms with Gasteiger partial charge in [-0.15, -0.1) is 0 Å². The maximum atomic E-state index is 12.8. The summed E-state index contributed by atoms with van der Waals surface area (Å²) in [4.78, 5) is 14.3. The Morgan fingerprint density at radius 3 is 2.65 bits per heavy atom. The van der Waals surface area contributed by atoms with Gasteiger partial charge in [0.2, 0.25) is 5.91 Å². The first-order valence-corrected chi connectivity index (χ1v) is 8.17. The zero-order valence-corrected chi connectivity index (χ0v) is 13.6. The van der Waals surface area contributed by atoms with E-state index in [9.17, 15) is 14.3 Å². The highest BCUT2D eigenvalue weighted by Crippen LogP contribution is 2.10. The maximum absolute atomic E-state index is 12.8. The summed E-state index contributed by atoms with van der Waals surface area (Å²) in [6, 6.07) is 6.06. The summed E-state index contributed by atoms with van der Waals surface area (Å²) in [5, 5.41) is 12.4. The molecule has 0 unspecified atom stereocenters. The molecule has 2 N–H and O–H groups in total. The van der Waals surface area contributed by atoms with Crippen molar-refractivity contribution in [3.05, 3.63) is 41.2 Å². The number of amides is 1. The van der Waals surface area contributed by atoms with Gasteiger partial charge in [0.15, 0.2) is 0 Å². The van der Waals surface area contributed by atoms with Crippen LogP contribution in [-0.2, 0) is 4.79 Å². The molecule has 1 aliphatic heterocycles. The lowest BCUT2D eigenvalue weighted by molar-refractivity contribution is -0.117. The highest BCUT2D eigenvalue weighted by molar-refractivity contribution is 5.97. The van der Waals surface area contributed by atoms with Crippen LogP contribution in [0.3, 0.4) is 0 Å². The number of carbonyl (C=O) groups excluding carboxylic acids is 1. The van der Waals surface area contributed by atoms with Crippen LogP contribution in [0.5, 0.6) is 0 Å². The average Bonchev–Trinajstić information content (AvgIpc) is 2.55. The molecular weight excluding hydrogens is 295 g/mol. The summed E-state index contributed by atoms with van der Waals surface area (Å²) in [5.74, 6) is -0.377. The van der Waals surface area contributed by atoms with Gasteiger partial charge in [0, 0.05) is 25.2 Å². The predicted octanol–water partition coefficient (Wildman–Crippen LogP) is 2.19. The molecule has 0 bridgehead atoms. The van der Waals surface area contributed by atoms with Crippen LogP contribution in [0, 0.1) is 5.82 Å². The molecule has 0 aromatic heterocycles. The van der Waals surface area contributed by atoms with Gasteiger partial charge < -0.3 is 15.3 Å². The quantitative estimate of drug-likeness (QED) is 0.624. The number of nitrogens with one attached hydrogen (secondary N) is 1. The highest BCUT2D eigenvalue weighted by atomic mass is 19.1. The van der Waals surface area contributed by atoms with Gasteiger partial charge in [-0.3, -0.25) is 4.79 Å². The lowest BCUT2D eigenvalue weighted by atomic mass is 10.1. The minimum Gasteiger partial charge on any atom is -0.393 e. The molecule has 1 aromatic rings. The molecule has 2 rings (SSSR count). The van der Waals surface area contributed by atoms with Gasteiger partial charge >= 0.3 is 0 Å². The van der Waals surface area contributed by atoms with Gasteiger partial charge in [0.05, 0.1) is 6.10 Å². The van der Waals surface area contributed by atoms with Crippen molar-refractivity contribution in [1.29, 1.82) is 0 Å². The van der Waals surface area contributed by atoms with Crippen molar-refractivity contribution in [2.24, 2.45) is 0 Å². The van der Waals surface area contributed by atoms with Crippen molar-refractivity contribution in [2.75, 3.05) is 26.2 Å². The number of piperidine rings is 1. The molecule has 1 heterocycles. The Kier molecular flexibility index (Phi) is 6.74. The van der Waals surface area contributed by atoms with Gasteiger partial charge in [-0.25, -0.2) is 4.39 Å². The molecule has 0 atom stereocenters. The van der Waals surface area contributed by atoms with Crippen LogP contribution >= 0.6 is 0 Å². The molecule has 0 radical (unpaired) electrons. The Labute approximate surface area is 137 Å². The number of halogens is 1. The fraction of sp³-hybridized carbons (Fsp3) is 0.500. The molecule has 0 aliphatic carbocycles. The Balaban J connectivity index is 1.68. The molecule has 5 heteroatoms. The molecule has 0 saturated carbocycles. The summed E-state index contributed by atoms with van der Waals surface area (Å²) in [6.45, 7) is 5.18. The van der Waals surface area contributed by atoms with E-state index in [1.807, 2.05) is 0 Å². The van der Waals surface area contributed by atoms with Crippen molar-refractivity contribution < 1.29 is 14.3 Å². The van der Waals surface area contributed by atoms with E-state index in [-0.39, 0.29) is 17.8 Å². The minimum atomic E-state index is -0.283. The van der Waals surface area contributed by atoms with E-state index in [4.69, 9.17) is 0 Å². The molecule has 0 spiro atoms. The number of nitrogens with zero attached hydrogens (tertiary/aromatic N) is 1. The molecule has 1 aliphatic rings. The number of benzene rings is 1. The minimum absolute atomic E-state index is 0.0941. The second-order valence-electron chi connectivity index (χ2n) is 6.06. The summed E-state index contributed by atoms with van der Waals surface area (Å²) < 4.78 is 12.8. The van der Waals surface area contributed by atoms with Crippen molar-refractivity contribution >= 4 is 12.0 Å². The van der Waals surface area contributed by atoms with Crippen molar-refractivity contribution in [3.63, 3.8) is 0 Å². The largest absolute Gasteiger partial charge is 0.393 e. The number of aliphatic hydroxyl groups is 1. The van der Waals surface area contributed by atoms with Gasteiger partial charge in [-0.2, -0.15) is 0 Å². The zero-order valence-electron chi connectivity index (χ0n) is 13.6. The topological polar surface area (TPSA) is 52.6 Å². The van der Waals surface area contributed by atoms with Crippen molar-refractivity contribution in [1.82, 2.24) is 10.2 Å². The Hall–Kier alpha value is -1.72. The Morgan fingerprint density at radius 2 is 2.00 bits per heavy atom. The Morgan fingerprint density at radius 1 is 1.35 bits per heavy atom. The van der Waals surface area contributed by atoms with Crippen LogP contribution in [0.25, 0.3) is 6.08 Å². The second kappa shape index (κ2) is 8.79. The standard InChI is InChI=1S/C18H25FN2O2/c1-14(13-15-3-5-16(19)6-4-15)18(23)20-9-2-10-21-11-7-17(22)8-12-21/h3-6,13,17,22H,2,7-12H2,1H3,(H,20,23). The number of hydrogen-bond donors (Lipinski definition) is 2. The fourth-order valence-electron chi connectivity index (χ4n) is 2.66. The maximum Gasteiger partial charge on any atom is 0.246 e. The van der Waals surface area contributed by atoms with Crippen LogP contribution in [0.2, 0.25) is 0 Å². The number of rotatable bonds is 6. The van der Waals surface area contributed by atoms with E-state index in [0.717, 1.165) is 44.5 Å². The molecule has 126 valence electrons. The number of aliphatic hydroxyl groups excluding tert-OH is 1. The second-order valence-corrected chi connectivity index (χ2v) is 6.06. The first-order chi connectivity index (χ1) is 11.0. The summed E-state index contributed by atoms with van der Waals surface area (Å²) in [5.41, 5.74) is 1.42. The highest BCUT2D eigenvalue weighted by Gasteiger charge is 2.16. The van der Waals surface area contributed by atoms with Crippen LogP contribution in [0.15, 0.2) is 29.8 Å². The van der Waals surface area contributed by atoms with Crippen LogP contribution in [0.4, 0.5) is 4.39 Å². The van der Waals surface area contributed by atoms with E-state index < -0.39 is 0 Å². The van der Waals surface area contributed by atoms with Gasteiger partial charge in [-0.1, -0.05) is 12.1 Å². The molecule has 1 amide bonds. The molecule has 23 heavy (non-hydrogen) atoms. The smallest absolute Gasteiger partial charge is 0.246 e. The van der Waals surface area contributed by atoms with Gasteiger partial charge in [0.1, 0.15) is 5.82 Å². The molecule has 1 fully saturated rings. The zero-order chi connectivity index (χ0) is 16.7. The van der Waals surface area contributed by atoms with Gasteiger partial charge in [-0.05, 0) is 56.5 Å². The molecule has 4 nitrogen and oxygen atoms in total. The third kappa shape index (κ3) is 6.12. The van der Waals surface area contributed by atoms with Crippen molar-refractivity contribution in [3.8, 4) is 0 Å². The third-order valence-electron chi connectivity index (χ3n) is 4.11. The normalized spacial score (nSPS) is 17.3. The van der Waals surface area contributed by atoms with E-state index in [1.54, 1.807) is 25.1 Å². The van der Waals surface area contributed by atoms with Crippen LogP contribution in [-0.4, -0.2) is 48.2 Å². The predicted molar refractivity (Wildman–Crippen MR) is 89.4 cm³/mol. The SMILES string of the molecule is CC(=Cc1ccc(F)cc1)C(=O)NCCCN1CCC(O)CC1. The number of hydrogen-bond acceptors (Lipinski definition) is 3. The molecule has 1 aromatic carbocycles. The Bertz CT molecular complexity index is 534. The van der Waals surface area contributed by atoms with E-state index in [1.165, 1.54) is 12.1 Å². The third-order valence-corrected chi connectivity index (χ3v) is 4.11. The van der Waals surface area contributed by atoms with E-state index in [0.29, 0.717) is 12.1 Å². The number of carbonyl (C=O) groups is 1. The van der Waals surface area contributed by atoms with Crippen LogP contribution < -0.4 is 5.32 Å². The average molecular weight is 320 g/mol.